The van der Waals surface area contributed by atoms with Gasteiger partial charge in [0.15, 0.2) is 6.29 Å². The molecule has 1 unspecified atom stereocenters. The summed E-state index contributed by atoms with van der Waals surface area (Å²) in [4.78, 5) is 17.4. The van der Waals surface area contributed by atoms with Gasteiger partial charge in [-0.25, -0.2) is 4.98 Å². The summed E-state index contributed by atoms with van der Waals surface area (Å²) in [5.74, 6) is 1.78. The van der Waals surface area contributed by atoms with Gasteiger partial charge in [0.05, 0.1) is 0 Å². The average molecular weight is 260 g/mol. The molecule has 1 saturated heterocycles. The molecule has 0 bridgehead atoms. The molecule has 2 heterocycles. The van der Waals surface area contributed by atoms with Crippen LogP contribution in [0.25, 0.3) is 0 Å². The monoisotopic (exact) mass is 260 g/mol. The van der Waals surface area contributed by atoms with Crippen LogP contribution in [0.1, 0.15) is 50.4 Å². The van der Waals surface area contributed by atoms with E-state index in [1.165, 1.54) is 19.3 Å². The highest BCUT2D eigenvalue weighted by Gasteiger charge is 2.27. The number of anilines is 1. The number of rotatable bonds is 2. The summed E-state index contributed by atoms with van der Waals surface area (Å²) in [6, 6.07) is 3.81. The summed E-state index contributed by atoms with van der Waals surface area (Å²) in [7, 11) is 0. The fourth-order valence-electron chi connectivity index (χ4n) is 2.85. The Morgan fingerprint density at radius 1 is 1.26 bits per heavy atom. The molecule has 0 saturated carbocycles. The third-order valence-corrected chi connectivity index (χ3v) is 4.18. The fraction of sp³-hybridized carbons (Fsp3) is 0.625. The van der Waals surface area contributed by atoms with Crippen LogP contribution in [0.3, 0.4) is 0 Å². The number of pyridine rings is 1. The molecular weight excluding hydrogens is 236 g/mol. The minimum absolute atomic E-state index is 0.394. The molecule has 3 nitrogen and oxygen atoms in total. The highest BCUT2D eigenvalue weighted by Crippen LogP contribution is 2.34. The van der Waals surface area contributed by atoms with Crippen molar-refractivity contribution in [2.24, 2.45) is 11.3 Å². The summed E-state index contributed by atoms with van der Waals surface area (Å²) >= 11 is 0. The van der Waals surface area contributed by atoms with E-state index in [0.717, 1.165) is 31.1 Å². The quantitative estimate of drug-likeness (QED) is 0.762. The molecule has 0 N–H and O–H groups in total. The highest BCUT2D eigenvalue weighted by molar-refractivity contribution is 5.74. The van der Waals surface area contributed by atoms with Crippen molar-refractivity contribution >= 4 is 12.1 Å². The third kappa shape index (κ3) is 3.55. The van der Waals surface area contributed by atoms with E-state index in [2.05, 4.69) is 30.7 Å². The lowest BCUT2D eigenvalue weighted by Crippen LogP contribution is -2.26. The molecule has 0 radical (unpaired) electrons. The van der Waals surface area contributed by atoms with Crippen LogP contribution in [-0.2, 0) is 0 Å². The molecule has 2 rings (SSSR count). The van der Waals surface area contributed by atoms with Gasteiger partial charge in [-0.3, -0.25) is 4.79 Å². The summed E-state index contributed by atoms with van der Waals surface area (Å²) in [5.41, 5.74) is 1.04. The largest absolute Gasteiger partial charge is 0.357 e. The van der Waals surface area contributed by atoms with Crippen LogP contribution < -0.4 is 4.90 Å². The second-order valence-corrected chi connectivity index (χ2v) is 6.55. The Kier molecular flexibility index (Phi) is 4.23. The number of aldehydes is 1. The normalized spacial score (nSPS) is 21.0. The summed E-state index contributed by atoms with van der Waals surface area (Å²) in [6.45, 7) is 9.15. The molecule has 0 spiro atoms. The molecule has 1 aliphatic heterocycles. The molecule has 0 aliphatic carbocycles. The van der Waals surface area contributed by atoms with Crippen molar-refractivity contribution < 1.29 is 4.79 Å². The first kappa shape index (κ1) is 14.0. The number of carbonyl (C=O) groups excluding carboxylic acids is 1. The van der Waals surface area contributed by atoms with Crippen LogP contribution in [0.15, 0.2) is 18.3 Å². The van der Waals surface area contributed by atoms with Gasteiger partial charge in [0.25, 0.3) is 0 Å². The summed E-state index contributed by atoms with van der Waals surface area (Å²) in [6.07, 6.45) is 6.25. The first-order valence-electron chi connectivity index (χ1n) is 7.17. The van der Waals surface area contributed by atoms with E-state index in [0.29, 0.717) is 11.0 Å². The highest BCUT2D eigenvalue weighted by atomic mass is 16.1. The first-order chi connectivity index (χ1) is 9.00. The van der Waals surface area contributed by atoms with Gasteiger partial charge >= 0.3 is 0 Å². The van der Waals surface area contributed by atoms with Crippen LogP contribution in [-0.4, -0.2) is 24.4 Å². The second-order valence-electron chi connectivity index (χ2n) is 6.55. The summed E-state index contributed by atoms with van der Waals surface area (Å²) < 4.78 is 0. The molecule has 104 valence electrons. The van der Waals surface area contributed by atoms with Crippen LogP contribution in [0.2, 0.25) is 0 Å². The SMILES string of the molecule is CC(C)(C)C1CCCN(c2ccc(C=O)cn2)CC1. The Labute approximate surface area is 116 Å². The molecular formula is C16H24N2O. The number of aromatic nitrogens is 1. The predicted octanol–water partition coefficient (Wildman–Crippen LogP) is 3.55. The molecule has 0 aromatic carbocycles. The van der Waals surface area contributed by atoms with Gasteiger partial charge in [0.1, 0.15) is 5.82 Å². The molecule has 1 fully saturated rings. The smallest absolute Gasteiger partial charge is 0.151 e. The Balaban J connectivity index is 2.04. The molecule has 1 atom stereocenters. The second kappa shape index (κ2) is 5.72. The van der Waals surface area contributed by atoms with Crippen LogP contribution in [0.4, 0.5) is 5.82 Å². The topological polar surface area (TPSA) is 33.2 Å². The maximum atomic E-state index is 10.6. The van der Waals surface area contributed by atoms with Gasteiger partial charge in [-0.1, -0.05) is 20.8 Å². The van der Waals surface area contributed by atoms with E-state index >= 15 is 0 Å². The van der Waals surface area contributed by atoms with E-state index in [1.54, 1.807) is 6.20 Å². The Hall–Kier alpha value is -1.38. The van der Waals surface area contributed by atoms with Crippen molar-refractivity contribution in [3.8, 4) is 0 Å². The number of hydrogen-bond donors (Lipinski definition) is 0. The van der Waals surface area contributed by atoms with E-state index in [9.17, 15) is 4.79 Å². The number of nitrogens with zero attached hydrogens (tertiary/aromatic N) is 2. The van der Waals surface area contributed by atoms with Gasteiger partial charge in [-0.15, -0.1) is 0 Å². The zero-order chi connectivity index (χ0) is 13.9. The molecule has 0 amide bonds. The van der Waals surface area contributed by atoms with Crippen molar-refractivity contribution in [2.75, 3.05) is 18.0 Å². The van der Waals surface area contributed by atoms with Gasteiger partial charge in [0, 0.05) is 24.8 Å². The predicted molar refractivity (Wildman–Crippen MR) is 78.6 cm³/mol. The van der Waals surface area contributed by atoms with Crippen molar-refractivity contribution in [1.82, 2.24) is 4.98 Å². The van der Waals surface area contributed by atoms with E-state index in [4.69, 9.17) is 0 Å². The van der Waals surface area contributed by atoms with E-state index in [1.807, 2.05) is 12.1 Å². The van der Waals surface area contributed by atoms with Crippen molar-refractivity contribution in [3.05, 3.63) is 23.9 Å². The molecule has 1 aromatic heterocycles. The molecule has 1 aromatic rings. The standard InChI is InChI=1S/C16H24N2O/c1-16(2,3)14-5-4-9-18(10-8-14)15-7-6-13(12-19)11-17-15/h6-7,11-12,14H,4-5,8-10H2,1-3H3. The van der Waals surface area contributed by atoms with Crippen LogP contribution >= 0.6 is 0 Å². The minimum atomic E-state index is 0.394. The molecule has 19 heavy (non-hydrogen) atoms. The molecule has 3 heteroatoms. The lowest BCUT2D eigenvalue weighted by Gasteiger charge is -2.29. The minimum Gasteiger partial charge on any atom is -0.357 e. The first-order valence-corrected chi connectivity index (χ1v) is 7.17. The number of hydrogen-bond acceptors (Lipinski definition) is 3. The van der Waals surface area contributed by atoms with Crippen LogP contribution in [0, 0.1) is 11.3 Å². The zero-order valence-corrected chi connectivity index (χ0v) is 12.2. The lowest BCUT2D eigenvalue weighted by atomic mass is 9.77. The Morgan fingerprint density at radius 3 is 2.63 bits per heavy atom. The van der Waals surface area contributed by atoms with Crippen molar-refractivity contribution in [2.45, 2.75) is 40.0 Å². The molecule has 1 aliphatic rings. The van der Waals surface area contributed by atoms with Gasteiger partial charge in [-0.05, 0) is 42.7 Å². The third-order valence-electron chi connectivity index (χ3n) is 4.18. The van der Waals surface area contributed by atoms with Gasteiger partial charge in [-0.2, -0.15) is 0 Å². The maximum absolute atomic E-state index is 10.6. The maximum Gasteiger partial charge on any atom is 0.151 e. The summed E-state index contributed by atoms with van der Waals surface area (Å²) in [5, 5.41) is 0. The average Bonchev–Trinajstić information content (AvgIpc) is 2.64. The Morgan fingerprint density at radius 2 is 2.05 bits per heavy atom. The Bertz CT molecular complexity index is 419. The van der Waals surface area contributed by atoms with E-state index < -0.39 is 0 Å². The lowest BCUT2D eigenvalue weighted by molar-refractivity contribution is 0.112. The fourth-order valence-corrected chi connectivity index (χ4v) is 2.85. The number of carbonyl (C=O) groups is 1. The zero-order valence-electron chi connectivity index (χ0n) is 12.2. The van der Waals surface area contributed by atoms with Crippen LogP contribution in [0.5, 0.6) is 0 Å². The van der Waals surface area contributed by atoms with Gasteiger partial charge in [0.2, 0.25) is 0 Å². The van der Waals surface area contributed by atoms with Crippen molar-refractivity contribution in [1.29, 1.82) is 0 Å². The van der Waals surface area contributed by atoms with E-state index in [-0.39, 0.29) is 0 Å². The van der Waals surface area contributed by atoms with Crippen molar-refractivity contribution in [3.63, 3.8) is 0 Å². The van der Waals surface area contributed by atoms with Gasteiger partial charge < -0.3 is 4.90 Å².